The van der Waals surface area contributed by atoms with E-state index in [-0.39, 0.29) is 19.4 Å². The highest BCUT2D eigenvalue weighted by molar-refractivity contribution is 5.96. The Kier molecular flexibility index (Phi) is 9.06. The van der Waals surface area contributed by atoms with E-state index in [0.29, 0.717) is 12.1 Å². The smallest absolute Gasteiger partial charge is 0.326 e. The van der Waals surface area contributed by atoms with E-state index >= 15 is 0 Å². The van der Waals surface area contributed by atoms with E-state index in [2.05, 4.69) is 15.3 Å². The third kappa shape index (κ3) is 7.26. The van der Waals surface area contributed by atoms with Crippen molar-refractivity contribution in [2.45, 2.75) is 56.3 Å². The lowest BCUT2D eigenvalue weighted by Gasteiger charge is -2.28. The SMILES string of the molecule is NC(=O)CC(NC(=O)C(CC(=O)O)NC(=O)C1CCCN1C(=O)C(N)Cc1cnc[nH]1)C(=O)O. The molecule has 186 valence electrons. The van der Waals surface area contributed by atoms with Crippen LogP contribution in [-0.4, -0.2) is 91.4 Å². The van der Waals surface area contributed by atoms with Gasteiger partial charge in [0.2, 0.25) is 23.6 Å². The fourth-order valence-electron chi connectivity index (χ4n) is 3.56. The molecule has 15 heteroatoms. The summed E-state index contributed by atoms with van der Waals surface area (Å²) in [6, 6.07) is -5.32. The van der Waals surface area contributed by atoms with Crippen LogP contribution in [0.4, 0.5) is 0 Å². The topological polar surface area (TPSA) is 251 Å². The van der Waals surface area contributed by atoms with Gasteiger partial charge in [-0.15, -0.1) is 0 Å². The van der Waals surface area contributed by atoms with Crippen molar-refractivity contribution in [1.82, 2.24) is 25.5 Å². The number of carbonyl (C=O) groups is 6. The van der Waals surface area contributed by atoms with E-state index < -0.39 is 72.6 Å². The van der Waals surface area contributed by atoms with E-state index in [1.807, 2.05) is 5.32 Å². The highest BCUT2D eigenvalue weighted by Gasteiger charge is 2.38. The minimum atomic E-state index is -1.71. The number of primary amides is 1. The number of nitrogens with one attached hydrogen (secondary N) is 3. The predicted octanol–water partition coefficient (Wildman–Crippen LogP) is -3.33. The molecule has 1 aliphatic heterocycles. The van der Waals surface area contributed by atoms with Gasteiger partial charge < -0.3 is 42.2 Å². The van der Waals surface area contributed by atoms with Gasteiger partial charge in [-0.05, 0) is 12.8 Å². The number of carbonyl (C=O) groups excluding carboxylic acids is 4. The van der Waals surface area contributed by atoms with Gasteiger partial charge in [-0.25, -0.2) is 9.78 Å². The van der Waals surface area contributed by atoms with E-state index in [1.54, 1.807) is 0 Å². The number of hydrogen-bond acceptors (Lipinski definition) is 8. The Balaban J connectivity index is 2.08. The average molecular weight is 481 g/mol. The molecule has 0 radical (unpaired) electrons. The summed E-state index contributed by atoms with van der Waals surface area (Å²) < 4.78 is 0. The van der Waals surface area contributed by atoms with Crippen molar-refractivity contribution >= 4 is 35.6 Å². The molecular weight excluding hydrogens is 454 g/mol. The van der Waals surface area contributed by atoms with Crippen LogP contribution in [0.25, 0.3) is 0 Å². The lowest BCUT2D eigenvalue weighted by atomic mass is 10.1. The molecule has 0 saturated carbocycles. The van der Waals surface area contributed by atoms with Crippen molar-refractivity contribution in [3.8, 4) is 0 Å². The number of nitrogens with two attached hydrogens (primary N) is 2. The van der Waals surface area contributed by atoms with Gasteiger partial charge in [0.05, 0.1) is 25.2 Å². The number of amides is 4. The highest BCUT2D eigenvalue weighted by Crippen LogP contribution is 2.19. The number of aromatic amines is 1. The molecule has 1 aromatic heterocycles. The van der Waals surface area contributed by atoms with Crippen molar-refractivity contribution in [3.05, 3.63) is 18.2 Å². The quantitative estimate of drug-likeness (QED) is 0.156. The van der Waals surface area contributed by atoms with Crippen molar-refractivity contribution in [2.75, 3.05) is 6.54 Å². The molecular formula is C19H27N7O8. The zero-order valence-electron chi connectivity index (χ0n) is 18.1. The Labute approximate surface area is 193 Å². The molecule has 1 aromatic rings. The first-order chi connectivity index (χ1) is 16.0. The Hall–Kier alpha value is -4.01. The second kappa shape index (κ2) is 11.7. The van der Waals surface area contributed by atoms with Crippen LogP contribution in [0, 0.1) is 0 Å². The number of carboxylic acids is 2. The second-order valence-electron chi connectivity index (χ2n) is 7.81. The first-order valence-corrected chi connectivity index (χ1v) is 10.4. The number of aromatic nitrogens is 2. The van der Waals surface area contributed by atoms with Gasteiger partial charge in [0.25, 0.3) is 0 Å². The first-order valence-electron chi connectivity index (χ1n) is 10.4. The van der Waals surface area contributed by atoms with Crippen LogP contribution in [0.2, 0.25) is 0 Å². The number of carboxylic acid groups (broad SMARTS) is 2. The zero-order chi connectivity index (χ0) is 25.4. The fraction of sp³-hybridized carbons (Fsp3) is 0.526. The molecule has 4 amide bonds. The average Bonchev–Trinajstić information content (AvgIpc) is 3.43. The molecule has 0 aliphatic carbocycles. The largest absolute Gasteiger partial charge is 0.481 e. The number of hydrogen-bond donors (Lipinski definition) is 7. The van der Waals surface area contributed by atoms with Crippen LogP contribution in [0.5, 0.6) is 0 Å². The summed E-state index contributed by atoms with van der Waals surface area (Å²) in [5.74, 6) is -6.43. The molecule has 4 unspecified atom stereocenters. The van der Waals surface area contributed by atoms with Crippen molar-refractivity contribution in [3.63, 3.8) is 0 Å². The number of aliphatic carboxylic acids is 2. The number of H-pyrrole nitrogens is 1. The van der Waals surface area contributed by atoms with E-state index in [1.165, 1.54) is 17.4 Å². The summed E-state index contributed by atoms with van der Waals surface area (Å²) in [6.07, 6.45) is 2.26. The van der Waals surface area contributed by atoms with Gasteiger partial charge in [-0.1, -0.05) is 0 Å². The van der Waals surface area contributed by atoms with Crippen molar-refractivity contribution < 1.29 is 39.0 Å². The van der Waals surface area contributed by atoms with Crippen molar-refractivity contribution in [1.29, 1.82) is 0 Å². The summed E-state index contributed by atoms with van der Waals surface area (Å²) in [4.78, 5) is 79.6. The maximum absolute atomic E-state index is 12.9. The number of nitrogens with zero attached hydrogens (tertiary/aromatic N) is 2. The first kappa shape index (κ1) is 26.2. The Morgan fingerprint density at radius 2 is 1.85 bits per heavy atom. The molecule has 0 bridgehead atoms. The molecule has 1 aliphatic rings. The molecule has 34 heavy (non-hydrogen) atoms. The second-order valence-corrected chi connectivity index (χ2v) is 7.81. The maximum atomic E-state index is 12.9. The minimum Gasteiger partial charge on any atom is -0.481 e. The standard InChI is InChI=1S/C19H27N7O8/c20-10(4-9-7-22-8-23-9)18(32)26-3-1-2-13(26)17(31)24-11(6-15(28)29)16(30)25-12(19(33)34)5-14(21)27/h7-8,10-13H,1-6,20H2,(H2,21,27)(H,22,23)(H,24,31)(H,25,30)(H,28,29)(H,33,34). The van der Waals surface area contributed by atoms with Crippen LogP contribution in [0.1, 0.15) is 31.4 Å². The molecule has 2 rings (SSSR count). The van der Waals surface area contributed by atoms with Gasteiger partial charge in [-0.2, -0.15) is 0 Å². The number of likely N-dealkylation sites (tertiary alicyclic amines) is 1. The van der Waals surface area contributed by atoms with Gasteiger partial charge in [-0.3, -0.25) is 24.0 Å². The third-order valence-corrected chi connectivity index (χ3v) is 5.18. The third-order valence-electron chi connectivity index (χ3n) is 5.18. The van der Waals surface area contributed by atoms with Crippen LogP contribution in [-0.2, 0) is 35.2 Å². The Bertz CT molecular complexity index is 935. The van der Waals surface area contributed by atoms with Crippen LogP contribution < -0.4 is 22.1 Å². The maximum Gasteiger partial charge on any atom is 0.326 e. The normalized spacial score (nSPS) is 17.9. The molecule has 9 N–H and O–H groups in total. The molecule has 1 fully saturated rings. The predicted molar refractivity (Wildman–Crippen MR) is 113 cm³/mol. The summed E-state index contributed by atoms with van der Waals surface area (Å²) in [6.45, 7) is 0.239. The van der Waals surface area contributed by atoms with E-state index in [0.717, 1.165) is 0 Å². The fourth-order valence-corrected chi connectivity index (χ4v) is 3.56. The van der Waals surface area contributed by atoms with Gasteiger partial charge in [0, 0.05) is 24.9 Å². The summed E-state index contributed by atoms with van der Waals surface area (Å²) in [7, 11) is 0. The van der Waals surface area contributed by atoms with E-state index in [9.17, 15) is 28.8 Å². The lowest BCUT2D eigenvalue weighted by molar-refractivity contribution is -0.145. The van der Waals surface area contributed by atoms with Crippen molar-refractivity contribution in [2.24, 2.45) is 11.5 Å². The molecule has 2 heterocycles. The van der Waals surface area contributed by atoms with Crippen LogP contribution in [0.15, 0.2) is 12.5 Å². The van der Waals surface area contributed by atoms with E-state index in [4.69, 9.17) is 21.7 Å². The summed E-state index contributed by atoms with van der Waals surface area (Å²) in [5, 5.41) is 22.5. The van der Waals surface area contributed by atoms with Gasteiger partial charge in [0.15, 0.2) is 0 Å². The highest BCUT2D eigenvalue weighted by atomic mass is 16.4. The number of rotatable bonds is 12. The lowest BCUT2D eigenvalue weighted by Crippen LogP contribution is -2.57. The molecule has 0 aromatic carbocycles. The Morgan fingerprint density at radius 3 is 2.41 bits per heavy atom. The molecule has 15 nitrogen and oxygen atoms in total. The molecule has 1 saturated heterocycles. The monoisotopic (exact) mass is 481 g/mol. The number of imidazole rings is 1. The van der Waals surface area contributed by atoms with Gasteiger partial charge in [0.1, 0.15) is 18.1 Å². The molecule has 0 spiro atoms. The summed E-state index contributed by atoms with van der Waals surface area (Å²) >= 11 is 0. The Morgan fingerprint density at radius 1 is 1.15 bits per heavy atom. The zero-order valence-corrected chi connectivity index (χ0v) is 18.1. The summed E-state index contributed by atoms with van der Waals surface area (Å²) in [5.41, 5.74) is 11.6. The van der Waals surface area contributed by atoms with Crippen LogP contribution >= 0.6 is 0 Å². The van der Waals surface area contributed by atoms with Crippen LogP contribution in [0.3, 0.4) is 0 Å². The minimum absolute atomic E-state index is 0.157. The molecule has 4 atom stereocenters. The van der Waals surface area contributed by atoms with Gasteiger partial charge >= 0.3 is 11.9 Å².